The Balaban J connectivity index is 1.53. The molecule has 0 radical (unpaired) electrons. The Labute approximate surface area is 197 Å². The molecular weight excluding hydrogens is 392 g/mol. The second-order valence-corrected chi connectivity index (χ2v) is 14.7. The Bertz CT molecular complexity index is 786. The molecule has 0 amide bonds. The summed E-state index contributed by atoms with van der Waals surface area (Å²) in [6.45, 7) is 19.8. The number of aliphatic hydroxyl groups excluding tert-OH is 2. The molecule has 0 aromatic carbocycles. The lowest BCUT2D eigenvalue weighted by Gasteiger charge is -2.73. The fourth-order valence-corrected chi connectivity index (χ4v) is 11.5. The molecule has 5 fully saturated rings. The summed E-state index contributed by atoms with van der Waals surface area (Å²) in [4.78, 5) is 0. The van der Waals surface area contributed by atoms with Crippen LogP contribution >= 0.6 is 0 Å². The summed E-state index contributed by atoms with van der Waals surface area (Å²) >= 11 is 0. The molecule has 2 N–H and O–H groups in total. The summed E-state index contributed by atoms with van der Waals surface area (Å²) in [7, 11) is 0. The highest BCUT2D eigenvalue weighted by atomic mass is 16.3. The summed E-state index contributed by atoms with van der Waals surface area (Å²) in [5.41, 5.74) is 2.70. The maximum Gasteiger partial charge on any atom is 0.0641 e. The van der Waals surface area contributed by atoms with E-state index in [0.717, 1.165) is 23.8 Å². The van der Waals surface area contributed by atoms with Crippen molar-refractivity contribution in [2.24, 2.45) is 56.7 Å². The number of hydrogen-bond donors (Lipinski definition) is 2. The molecule has 0 aromatic heterocycles. The van der Waals surface area contributed by atoms with Gasteiger partial charge < -0.3 is 10.2 Å². The van der Waals surface area contributed by atoms with Crippen LogP contribution < -0.4 is 0 Å². The third kappa shape index (κ3) is 2.72. The maximum atomic E-state index is 10.9. The van der Waals surface area contributed by atoms with E-state index in [2.05, 4.69) is 48.1 Å². The van der Waals surface area contributed by atoms with Gasteiger partial charge >= 0.3 is 0 Å². The highest BCUT2D eigenvalue weighted by molar-refractivity contribution is 5.21. The van der Waals surface area contributed by atoms with Crippen molar-refractivity contribution in [3.63, 3.8) is 0 Å². The first-order chi connectivity index (χ1) is 14.8. The minimum absolute atomic E-state index is 0.0344. The van der Waals surface area contributed by atoms with E-state index in [1.165, 1.54) is 57.8 Å². The van der Waals surface area contributed by atoms with Crippen LogP contribution in [0.3, 0.4) is 0 Å². The maximum absolute atomic E-state index is 10.9. The van der Waals surface area contributed by atoms with Crippen LogP contribution in [0, 0.1) is 56.7 Å². The van der Waals surface area contributed by atoms with Gasteiger partial charge in [-0.15, -0.1) is 0 Å². The predicted octanol–water partition coefficient (Wildman–Crippen LogP) is 7.00. The molecule has 2 heteroatoms. The lowest BCUT2D eigenvalue weighted by molar-refractivity contribution is -0.246. The highest BCUT2D eigenvalue weighted by Crippen LogP contribution is 2.77. The zero-order chi connectivity index (χ0) is 23.3. The first-order valence-electron chi connectivity index (χ1n) is 13.8. The topological polar surface area (TPSA) is 40.5 Å². The molecule has 182 valence electrons. The Morgan fingerprint density at radius 1 is 0.781 bits per heavy atom. The quantitative estimate of drug-likeness (QED) is 0.452. The van der Waals surface area contributed by atoms with E-state index in [1.807, 2.05) is 0 Å². The molecule has 32 heavy (non-hydrogen) atoms. The second-order valence-electron chi connectivity index (χ2n) is 14.7. The van der Waals surface area contributed by atoms with Crippen molar-refractivity contribution in [3.05, 3.63) is 12.2 Å². The van der Waals surface area contributed by atoms with Gasteiger partial charge in [0.1, 0.15) is 0 Å². The van der Waals surface area contributed by atoms with Crippen LogP contribution in [0.2, 0.25) is 0 Å². The normalized spacial score (nSPS) is 56.5. The van der Waals surface area contributed by atoms with Crippen molar-refractivity contribution in [2.45, 2.75) is 112 Å². The molecular formula is C30H50O2. The predicted molar refractivity (Wildman–Crippen MR) is 132 cm³/mol. The monoisotopic (exact) mass is 442 g/mol. The van der Waals surface area contributed by atoms with Gasteiger partial charge in [-0.3, -0.25) is 0 Å². The standard InChI is InChI=1S/C30H50O2/c1-19(18-31)20-10-13-27(4)16-17-29(6)21(25(20)27)8-9-23-28(5)14-12-24(32)26(2,3)22(28)11-15-30(23,29)7/h20-25,31-32H,1,8-18H2,2-7H3/t20-,21+,22-,23+,24?,25+,27+,28-,29+,30+/m0/s1. The van der Waals surface area contributed by atoms with E-state index >= 15 is 0 Å². The number of hydrogen-bond acceptors (Lipinski definition) is 2. The van der Waals surface area contributed by atoms with Crippen molar-refractivity contribution in [2.75, 3.05) is 6.61 Å². The summed E-state index contributed by atoms with van der Waals surface area (Å²) in [5, 5.41) is 20.9. The van der Waals surface area contributed by atoms with Crippen molar-refractivity contribution < 1.29 is 10.2 Å². The van der Waals surface area contributed by atoms with Crippen LogP contribution in [0.25, 0.3) is 0 Å². The van der Waals surface area contributed by atoms with Crippen molar-refractivity contribution in [3.8, 4) is 0 Å². The Hall–Kier alpha value is -0.340. The van der Waals surface area contributed by atoms with Crippen LogP contribution in [0.15, 0.2) is 12.2 Å². The number of fused-ring (bicyclic) bond motifs is 7. The molecule has 5 aliphatic rings. The van der Waals surface area contributed by atoms with Crippen LogP contribution in [0.1, 0.15) is 106 Å². The van der Waals surface area contributed by atoms with Crippen LogP contribution in [-0.4, -0.2) is 22.9 Å². The average molecular weight is 443 g/mol. The van der Waals surface area contributed by atoms with Crippen LogP contribution in [0.4, 0.5) is 0 Å². The largest absolute Gasteiger partial charge is 0.393 e. The molecule has 0 heterocycles. The fourth-order valence-electron chi connectivity index (χ4n) is 11.5. The minimum atomic E-state index is -0.143. The Morgan fingerprint density at radius 3 is 2.19 bits per heavy atom. The molecule has 0 aromatic rings. The van der Waals surface area contributed by atoms with E-state index in [4.69, 9.17) is 0 Å². The molecule has 2 nitrogen and oxygen atoms in total. The summed E-state index contributed by atoms with van der Waals surface area (Å²) < 4.78 is 0. The Kier molecular flexibility index (Phi) is 5.19. The minimum Gasteiger partial charge on any atom is -0.393 e. The summed E-state index contributed by atoms with van der Waals surface area (Å²) in [6, 6.07) is 0. The van der Waals surface area contributed by atoms with Crippen LogP contribution in [-0.2, 0) is 0 Å². The van der Waals surface area contributed by atoms with Gasteiger partial charge in [0.05, 0.1) is 12.7 Å². The molecule has 5 aliphatic carbocycles. The van der Waals surface area contributed by atoms with Crippen molar-refractivity contribution in [1.29, 1.82) is 0 Å². The molecule has 5 rings (SSSR count). The van der Waals surface area contributed by atoms with E-state index < -0.39 is 0 Å². The van der Waals surface area contributed by atoms with E-state index in [-0.39, 0.29) is 18.1 Å². The molecule has 1 unspecified atom stereocenters. The summed E-state index contributed by atoms with van der Waals surface area (Å²) in [5.74, 6) is 3.39. The second kappa shape index (κ2) is 7.09. The molecule has 5 saturated carbocycles. The third-order valence-electron chi connectivity index (χ3n) is 13.6. The first-order valence-corrected chi connectivity index (χ1v) is 13.8. The van der Waals surface area contributed by atoms with Gasteiger partial charge in [-0.05, 0) is 126 Å². The van der Waals surface area contributed by atoms with E-state index in [1.54, 1.807) is 0 Å². The summed E-state index contributed by atoms with van der Waals surface area (Å²) in [6.07, 6.45) is 12.7. The molecule has 0 spiro atoms. The van der Waals surface area contributed by atoms with E-state index in [0.29, 0.717) is 39.4 Å². The van der Waals surface area contributed by atoms with Crippen LogP contribution in [0.5, 0.6) is 0 Å². The molecule has 0 saturated heterocycles. The zero-order valence-corrected chi connectivity index (χ0v) is 21.8. The van der Waals surface area contributed by atoms with Gasteiger partial charge in [0.2, 0.25) is 0 Å². The first kappa shape index (κ1) is 23.4. The SMILES string of the molecule is C=C(CO)[C@@H]1CC[C@]2(C)CC[C@]3(C)[C@H](CC[C@@H]4[C@@]5(C)CCC(O)C(C)(C)[C@@H]5CC[C@]43C)[C@@H]12. The zero-order valence-electron chi connectivity index (χ0n) is 21.8. The van der Waals surface area contributed by atoms with Gasteiger partial charge in [-0.1, -0.05) is 48.1 Å². The lowest BCUT2D eigenvalue weighted by atomic mass is 9.32. The van der Waals surface area contributed by atoms with Crippen molar-refractivity contribution >= 4 is 0 Å². The smallest absolute Gasteiger partial charge is 0.0641 e. The molecule has 0 aliphatic heterocycles. The molecule has 10 atom stereocenters. The van der Waals surface area contributed by atoms with Gasteiger partial charge in [0, 0.05) is 0 Å². The average Bonchev–Trinajstić information content (AvgIpc) is 3.09. The third-order valence-corrected chi connectivity index (χ3v) is 13.6. The van der Waals surface area contributed by atoms with Crippen molar-refractivity contribution in [1.82, 2.24) is 0 Å². The number of rotatable bonds is 2. The fraction of sp³-hybridized carbons (Fsp3) is 0.933. The van der Waals surface area contributed by atoms with E-state index in [9.17, 15) is 10.2 Å². The highest BCUT2D eigenvalue weighted by Gasteiger charge is 2.70. The van der Waals surface area contributed by atoms with Gasteiger partial charge in [0.25, 0.3) is 0 Å². The van der Waals surface area contributed by atoms with Gasteiger partial charge in [0.15, 0.2) is 0 Å². The lowest BCUT2D eigenvalue weighted by Crippen LogP contribution is -2.66. The van der Waals surface area contributed by atoms with Gasteiger partial charge in [-0.2, -0.15) is 0 Å². The number of aliphatic hydroxyl groups is 2. The Morgan fingerprint density at radius 2 is 1.50 bits per heavy atom. The van der Waals surface area contributed by atoms with Gasteiger partial charge in [-0.25, -0.2) is 0 Å². The molecule has 0 bridgehead atoms.